The van der Waals surface area contributed by atoms with Crippen LogP contribution < -0.4 is 10.1 Å². The molecular weight excluding hydrogens is 234 g/mol. The van der Waals surface area contributed by atoms with E-state index in [0.717, 1.165) is 31.7 Å². The van der Waals surface area contributed by atoms with Crippen molar-refractivity contribution in [1.29, 1.82) is 0 Å². The van der Waals surface area contributed by atoms with Gasteiger partial charge < -0.3 is 10.1 Å². The molecule has 0 saturated heterocycles. The molecule has 0 aliphatic carbocycles. The average molecular weight is 255 g/mol. The largest absolute Gasteiger partial charge is 0.493 e. The summed E-state index contributed by atoms with van der Waals surface area (Å²) >= 11 is 0. The van der Waals surface area contributed by atoms with Crippen LogP contribution in [0.1, 0.15) is 18.4 Å². The first-order chi connectivity index (χ1) is 9.36. The quantitative estimate of drug-likeness (QED) is 0.598. The van der Waals surface area contributed by atoms with Crippen LogP contribution >= 0.6 is 0 Å². The molecule has 0 aliphatic rings. The van der Waals surface area contributed by atoms with E-state index in [1.807, 2.05) is 13.1 Å². The molecule has 0 heterocycles. The Morgan fingerprint density at radius 2 is 2.05 bits per heavy atom. The lowest BCUT2D eigenvalue weighted by Gasteiger charge is -2.14. The van der Waals surface area contributed by atoms with Crippen LogP contribution in [0, 0.1) is 0 Å². The zero-order valence-electron chi connectivity index (χ0n) is 11.5. The van der Waals surface area contributed by atoms with Crippen molar-refractivity contribution in [3.8, 4) is 5.75 Å². The molecule has 0 saturated carbocycles. The molecule has 2 rings (SSSR count). The van der Waals surface area contributed by atoms with Gasteiger partial charge in [-0.15, -0.1) is 6.58 Å². The summed E-state index contributed by atoms with van der Waals surface area (Å²) in [4.78, 5) is 0. The predicted octanol–water partition coefficient (Wildman–Crippen LogP) is 3.90. The van der Waals surface area contributed by atoms with Gasteiger partial charge in [0.1, 0.15) is 5.75 Å². The van der Waals surface area contributed by atoms with E-state index in [2.05, 4.69) is 48.3 Å². The van der Waals surface area contributed by atoms with E-state index in [4.69, 9.17) is 4.74 Å². The molecule has 0 amide bonds. The van der Waals surface area contributed by atoms with Crippen LogP contribution in [0.5, 0.6) is 5.75 Å². The van der Waals surface area contributed by atoms with Crippen LogP contribution in [0.2, 0.25) is 0 Å². The normalized spacial score (nSPS) is 10.6. The van der Waals surface area contributed by atoms with E-state index in [1.165, 1.54) is 16.3 Å². The standard InChI is InChI=1S/C17H21NO/c1-3-4-7-12-19-17-11-10-14-8-5-6-9-15(14)16(17)13-18-2/h3,5-6,8-11,18H,1,4,7,12-13H2,2H3. The van der Waals surface area contributed by atoms with Gasteiger partial charge in [-0.25, -0.2) is 0 Å². The van der Waals surface area contributed by atoms with Gasteiger partial charge in [-0.2, -0.15) is 0 Å². The van der Waals surface area contributed by atoms with E-state index in [-0.39, 0.29) is 0 Å². The third-order valence-electron chi connectivity index (χ3n) is 3.16. The molecule has 1 N–H and O–H groups in total. The molecule has 100 valence electrons. The van der Waals surface area contributed by atoms with Crippen LogP contribution in [-0.4, -0.2) is 13.7 Å². The molecule has 19 heavy (non-hydrogen) atoms. The molecule has 0 bridgehead atoms. The van der Waals surface area contributed by atoms with Gasteiger partial charge in [0.2, 0.25) is 0 Å². The summed E-state index contributed by atoms with van der Waals surface area (Å²) in [5.74, 6) is 0.983. The van der Waals surface area contributed by atoms with Gasteiger partial charge in [0.15, 0.2) is 0 Å². The molecule has 0 atom stereocenters. The number of unbranched alkanes of at least 4 members (excludes halogenated alkanes) is 1. The van der Waals surface area contributed by atoms with Crippen LogP contribution in [0.25, 0.3) is 10.8 Å². The summed E-state index contributed by atoms with van der Waals surface area (Å²) in [6.45, 7) is 5.28. The molecule has 2 aromatic carbocycles. The Kier molecular flexibility index (Phi) is 4.99. The molecule has 0 radical (unpaired) electrons. The predicted molar refractivity (Wildman–Crippen MR) is 81.6 cm³/mol. The minimum absolute atomic E-state index is 0.737. The summed E-state index contributed by atoms with van der Waals surface area (Å²) in [7, 11) is 1.96. The van der Waals surface area contributed by atoms with E-state index in [1.54, 1.807) is 0 Å². The molecule has 2 aromatic rings. The van der Waals surface area contributed by atoms with Gasteiger partial charge in [0.05, 0.1) is 6.61 Å². The van der Waals surface area contributed by atoms with E-state index >= 15 is 0 Å². The van der Waals surface area contributed by atoms with Crippen LogP contribution in [0.15, 0.2) is 49.1 Å². The average Bonchev–Trinajstić information content (AvgIpc) is 2.45. The Bertz CT molecular complexity index is 548. The molecule has 0 spiro atoms. The molecule has 2 nitrogen and oxygen atoms in total. The van der Waals surface area contributed by atoms with Crippen molar-refractivity contribution >= 4 is 10.8 Å². The first-order valence-electron chi connectivity index (χ1n) is 6.75. The van der Waals surface area contributed by atoms with Crippen molar-refractivity contribution in [2.45, 2.75) is 19.4 Å². The number of hydrogen-bond acceptors (Lipinski definition) is 2. The highest BCUT2D eigenvalue weighted by atomic mass is 16.5. The van der Waals surface area contributed by atoms with Crippen molar-refractivity contribution < 1.29 is 4.74 Å². The van der Waals surface area contributed by atoms with E-state index in [9.17, 15) is 0 Å². The lowest BCUT2D eigenvalue weighted by Crippen LogP contribution is -2.08. The first-order valence-corrected chi connectivity index (χ1v) is 6.75. The summed E-state index contributed by atoms with van der Waals surface area (Å²) in [5.41, 5.74) is 1.24. The second-order valence-electron chi connectivity index (χ2n) is 4.57. The van der Waals surface area contributed by atoms with Gasteiger partial charge >= 0.3 is 0 Å². The second kappa shape index (κ2) is 6.95. The number of ether oxygens (including phenoxy) is 1. The van der Waals surface area contributed by atoms with Crippen molar-refractivity contribution in [3.05, 3.63) is 54.6 Å². The number of nitrogens with one attached hydrogen (secondary N) is 1. The highest BCUT2D eigenvalue weighted by molar-refractivity contribution is 5.87. The van der Waals surface area contributed by atoms with Crippen LogP contribution in [0.3, 0.4) is 0 Å². The number of benzene rings is 2. The first kappa shape index (κ1) is 13.6. The Labute approximate surface area is 115 Å². The van der Waals surface area contributed by atoms with Crippen LogP contribution in [-0.2, 0) is 6.54 Å². The third-order valence-corrected chi connectivity index (χ3v) is 3.16. The van der Waals surface area contributed by atoms with Crippen molar-refractivity contribution in [2.24, 2.45) is 0 Å². The minimum Gasteiger partial charge on any atom is -0.493 e. The highest BCUT2D eigenvalue weighted by Gasteiger charge is 2.07. The molecule has 0 aliphatic heterocycles. The second-order valence-corrected chi connectivity index (χ2v) is 4.57. The lowest BCUT2D eigenvalue weighted by atomic mass is 10.0. The third kappa shape index (κ3) is 3.36. The molecule has 0 aromatic heterocycles. The Hall–Kier alpha value is -1.80. The monoisotopic (exact) mass is 255 g/mol. The fourth-order valence-electron chi connectivity index (χ4n) is 2.22. The van der Waals surface area contributed by atoms with Crippen molar-refractivity contribution in [1.82, 2.24) is 5.32 Å². The maximum absolute atomic E-state index is 5.91. The fraction of sp³-hybridized carbons (Fsp3) is 0.294. The Balaban J connectivity index is 2.26. The molecule has 2 heteroatoms. The molecule has 0 fully saturated rings. The van der Waals surface area contributed by atoms with E-state index < -0.39 is 0 Å². The Morgan fingerprint density at radius 3 is 2.84 bits per heavy atom. The maximum Gasteiger partial charge on any atom is 0.124 e. The number of fused-ring (bicyclic) bond motifs is 1. The van der Waals surface area contributed by atoms with Gasteiger partial charge in [-0.1, -0.05) is 36.4 Å². The molecular formula is C17H21NO. The van der Waals surface area contributed by atoms with Gasteiger partial charge in [-0.05, 0) is 36.7 Å². The number of allylic oxidation sites excluding steroid dienone is 1. The van der Waals surface area contributed by atoms with Crippen LogP contribution in [0.4, 0.5) is 0 Å². The zero-order chi connectivity index (χ0) is 13.5. The van der Waals surface area contributed by atoms with Gasteiger partial charge in [-0.3, -0.25) is 0 Å². The van der Waals surface area contributed by atoms with Gasteiger partial charge in [0, 0.05) is 12.1 Å². The van der Waals surface area contributed by atoms with Crippen molar-refractivity contribution in [2.75, 3.05) is 13.7 Å². The fourth-order valence-corrected chi connectivity index (χ4v) is 2.22. The maximum atomic E-state index is 5.91. The molecule has 0 unspecified atom stereocenters. The lowest BCUT2D eigenvalue weighted by molar-refractivity contribution is 0.309. The van der Waals surface area contributed by atoms with Gasteiger partial charge in [0.25, 0.3) is 0 Å². The summed E-state index contributed by atoms with van der Waals surface area (Å²) in [6.07, 6.45) is 3.93. The Morgan fingerprint density at radius 1 is 1.21 bits per heavy atom. The summed E-state index contributed by atoms with van der Waals surface area (Å²) in [5, 5.41) is 5.74. The summed E-state index contributed by atoms with van der Waals surface area (Å²) in [6, 6.07) is 12.6. The minimum atomic E-state index is 0.737. The SMILES string of the molecule is C=CCCCOc1ccc2ccccc2c1CNC. The summed E-state index contributed by atoms with van der Waals surface area (Å²) < 4.78 is 5.91. The highest BCUT2D eigenvalue weighted by Crippen LogP contribution is 2.28. The topological polar surface area (TPSA) is 21.3 Å². The number of hydrogen-bond donors (Lipinski definition) is 1. The zero-order valence-corrected chi connectivity index (χ0v) is 11.5. The number of rotatable bonds is 7. The smallest absolute Gasteiger partial charge is 0.124 e. The van der Waals surface area contributed by atoms with E-state index in [0.29, 0.717) is 0 Å². The van der Waals surface area contributed by atoms with Crippen molar-refractivity contribution in [3.63, 3.8) is 0 Å².